The molecule has 1 rings (SSSR count). The molecule has 0 saturated heterocycles. The zero-order valence-corrected chi connectivity index (χ0v) is 13.2. The van der Waals surface area contributed by atoms with Crippen LogP contribution >= 0.6 is 0 Å². The first kappa shape index (κ1) is 16.5. The van der Waals surface area contributed by atoms with Gasteiger partial charge in [0.25, 0.3) is 0 Å². The van der Waals surface area contributed by atoms with Crippen LogP contribution in [0.5, 0.6) is 0 Å². The van der Waals surface area contributed by atoms with Crippen molar-refractivity contribution in [2.24, 2.45) is 10.3 Å². The first-order chi connectivity index (χ1) is 7.58. The number of carbonyl (C=O) groups excluding carboxylic acids is 1. The molecule has 17 heavy (non-hydrogen) atoms. The van der Waals surface area contributed by atoms with E-state index in [4.69, 9.17) is 0 Å². The molecule has 0 fully saturated rings. The molecule has 0 N–H and O–H groups in total. The van der Waals surface area contributed by atoms with Crippen LogP contribution in [0.1, 0.15) is 5.56 Å². The molecule has 1 aromatic carbocycles. The van der Waals surface area contributed by atoms with Gasteiger partial charge in [-0.15, -0.1) is 5.11 Å². The Morgan fingerprint density at radius 1 is 1.29 bits per heavy atom. The Morgan fingerprint density at radius 3 is 2.35 bits per heavy atom. The predicted octanol–water partition coefficient (Wildman–Crippen LogP) is -1.99. The Bertz CT molecular complexity index is 413. The van der Waals surface area contributed by atoms with E-state index in [0.717, 1.165) is 11.6 Å². The van der Waals surface area contributed by atoms with Gasteiger partial charge < -0.3 is 9.90 Å². The standard InChI is InChI=1S/C11H13N3O2.K/c1-14(2)13-12-10-6-3-9(4-7-10)5-8-11(15)16;/h3-8H,1-2H3,(H,15,16);/q;+1/p-1/b8-5-,13-12?;. The normalized spacial score (nSPS) is 10.5. The quantitative estimate of drug-likeness (QED) is 0.271. The fourth-order valence-corrected chi connectivity index (χ4v) is 0.957. The smallest absolute Gasteiger partial charge is 0.545 e. The molecule has 0 atom stereocenters. The van der Waals surface area contributed by atoms with Crippen LogP contribution in [-0.4, -0.2) is 25.1 Å². The first-order valence-corrected chi connectivity index (χ1v) is 4.66. The summed E-state index contributed by atoms with van der Waals surface area (Å²) in [6.07, 6.45) is 2.44. The van der Waals surface area contributed by atoms with E-state index in [2.05, 4.69) is 10.3 Å². The summed E-state index contributed by atoms with van der Waals surface area (Å²) in [5, 5.41) is 19.5. The van der Waals surface area contributed by atoms with Crippen molar-refractivity contribution in [1.29, 1.82) is 0 Å². The number of carbonyl (C=O) groups is 1. The van der Waals surface area contributed by atoms with Crippen molar-refractivity contribution in [3.63, 3.8) is 0 Å². The molecule has 84 valence electrons. The van der Waals surface area contributed by atoms with E-state index >= 15 is 0 Å². The molecule has 0 unspecified atom stereocenters. The minimum atomic E-state index is -1.21. The Morgan fingerprint density at radius 2 is 1.88 bits per heavy atom. The van der Waals surface area contributed by atoms with Crippen molar-refractivity contribution in [3.05, 3.63) is 35.9 Å². The van der Waals surface area contributed by atoms with E-state index < -0.39 is 5.97 Å². The average Bonchev–Trinajstić information content (AvgIpc) is 2.25. The van der Waals surface area contributed by atoms with Gasteiger partial charge in [0.05, 0.1) is 11.7 Å². The third-order valence-electron chi connectivity index (χ3n) is 1.64. The van der Waals surface area contributed by atoms with Gasteiger partial charge in [0.2, 0.25) is 0 Å². The number of hydrogen-bond acceptors (Lipinski definition) is 4. The van der Waals surface area contributed by atoms with Gasteiger partial charge >= 0.3 is 51.4 Å². The molecule has 0 spiro atoms. The molecular formula is C11H12KN3O2. The van der Waals surface area contributed by atoms with Gasteiger partial charge in [-0.1, -0.05) is 23.4 Å². The van der Waals surface area contributed by atoms with Crippen molar-refractivity contribution in [3.8, 4) is 0 Å². The summed E-state index contributed by atoms with van der Waals surface area (Å²) in [6, 6.07) is 7.01. The molecule has 0 radical (unpaired) electrons. The minimum Gasteiger partial charge on any atom is -0.545 e. The van der Waals surface area contributed by atoms with E-state index in [-0.39, 0.29) is 51.4 Å². The van der Waals surface area contributed by atoms with Crippen LogP contribution in [0.25, 0.3) is 6.08 Å². The van der Waals surface area contributed by atoms with E-state index in [9.17, 15) is 9.90 Å². The maximum atomic E-state index is 10.2. The van der Waals surface area contributed by atoms with Gasteiger partial charge in [-0.3, -0.25) is 5.01 Å². The second-order valence-corrected chi connectivity index (χ2v) is 3.28. The topological polar surface area (TPSA) is 68.1 Å². The van der Waals surface area contributed by atoms with E-state index in [0.29, 0.717) is 5.69 Å². The zero-order chi connectivity index (χ0) is 12.0. The van der Waals surface area contributed by atoms with Gasteiger partial charge in [-0.2, -0.15) is 0 Å². The fraction of sp³-hybridized carbons (Fsp3) is 0.182. The molecule has 0 aliphatic heterocycles. The molecule has 0 saturated carbocycles. The molecule has 0 aliphatic carbocycles. The number of benzene rings is 1. The Balaban J connectivity index is 0.00000256. The Hall–Kier alpha value is -0.534. The number of aliphatic carboxylic acids is 1. The van der Waals surface area contributed by atoms with Gasteiger partial charge in [0.1, 0.15) is 0 Å². The average molecular weight is 257 g/mol. The summed E-state index contributed by atoms with van der Waals surface area (Å²) in [4.78, 5) is 10.2. The van der Waals surface area contributed by atoms with Gasteiger partial charge in [-0.05, 0) is 23.8 Å². The molecule has 0 aliphatic rings. The van der Waals surface area contributed by atoms with E-state index in [1.54, 1.807) is 43.4 Å². The van der Waals surface area contributed by atoms with Crippen molar-refractivity contribution >= 4 is 17.7 Å². The van der Waals surface area contributed by atoms with Crippen LogP contribution in [0.15, 0.2) is 40.7 Å². The predicted molar refractivity (Wildman–Crippen MR) is 58.7 cm³/mol. The molecule has 0 aromatic heterocycles. The minimum absolute atomic E-state index is 0. The third-order valence-corrected chi connectivity index (χ3v) is 1.64. The third kappa shape index (κ3) is 7.40. The summed E-state index contributed by atoms with van der Waals surface area (Å²) >= 11 is 0. The van der Waals surface area contributed by atoms with Crippen molar-refractivity contribution in [1.82, 2.24) is 5.01 Å². The summed E-state index contributed by atoms with van der Waals surface area (Å²) < 4.78 is 0. The maximum absolute atomic E-state index is 10.2. The van der Waals surface area contributed by atoms with E-state index in [1.165, 1.54) is 6.08 Å². The van der Waals surface area contributed by atoms with Crippen molar-refractivity contribution in [2.75, 3.05) is 14.1 Å². The van der Waals surface area contributed by atoms with Crippen LogP contribution in [-0.2, 0) is 4.79 Å². The maximum Gasteiger partial charge on any atom is 1.00 e. The molecule has 5 nitrogen and oxygen atoms in total. The van der Waals surface area contributed by atoms with Gasteiger partial charge in [0, 0.05) is 14.1 Å². The molecular weight excluding hydrogens is 245 g/mol. The molecule has 0 amide bonds. The first-order valence-electron chi connectivity index (χ1n) is 4.66. The second kappa shape index (κ2) is 8.54. The summed E-state index contributed by atoms with van der Waals surface area (Å²) in [5.74, 6) is -1.21. The summed E-state index contributed by atoms with van der Waals surface area (Å²) in [7, 11) is 3.56. The van der Waals surface area contributed by atoms with Crippen molar-refractivity contribution in [2.45, 2.75) is 0 Å². The summed E-state index contributed by atoms with van der Waals surface area (Å²) in [6.45, 7) is 0. The molecule has 1 aromatic rings. The fourth-order valence-electron chi connectivity index (χ4n) is 0.957. The van der Waals surface area contributed by atoms with E-state index in [1.807, 2.05) is 0 Å². The van der Waals surface area contributed by atoms with Crippen LogP contribution < -0.4 is 56.5 Å². The number of hydrogen-bond donors (Lipinski definition) is 0. The van der Waals surface area contributed by atoms with Crippen molar-refractivity contribution < 1.29 is 61.3 Å². The second-order valence-electron chi connectivity index (χ2n) is 3.28. The Labute approximate surface area is 143 Å². The molecule has 0 heterocycles. The number of carboxylic acid groups (broad SMARTS) is 1. The molecule has 6 heteroatoms. The largest absolute Gasteiger partial charge is 1.00 e. The number of nitrogens with zero attached hydrogens (tertiary/aromatic N) is 3. The van der Waals surface area contributed by atoms with Crippen LogP contribution in [0, 0.1) is 0 Å². The van der Waals surface area contributed by atoms with Crippen LogP contribution in [0.3, 0.4) is 0 Å². The number of rotatable bonds is 4. The zero-order valence-electron chi connectivity index (χ0n) is 10.1. The summed E-state index contributed by atoms with van der Waals surface area (Å²) in [5.41, 5.74) is 1.48. The number of carboxylic acids is 1. The SMILES string of the molecule is CN(C)N=Nc1ccc(/C=C\C(=O)[O-])cc1.[K+]. The van der Waals surface area contributed by atoms with Gasteiger partial charge in [0.15, 0.2) is 0 Å². The van der Waals surface area contributed by atoms with Crippen LogP contribution in [0.4, 0.5) is 5.69 Å². The molecule has 0 bridgehead atoms. The van der Waals surface area contributed by atoms with Gasteiger partial charge in [-0.25, -0.2) is 0 Å². The Kier molecular flexibility index (Phi) is 8.27. The monoisotopic (exact) mass is 257 g/mol. The van der Waals surface area contributed by atoms with Crippen LogP contribution in [0.2, 0.25) is 0 Å².